The number of hydrogen-bond donors (Lipinski definition) is 1. The molecule has 3 aliphatic rings. The number of hydrogen-bond acceptors (Lipinski definition) is 4. The summed E-state index contributed by atoms with van der Waals surface area (Å²) in [5, 5.41) is -4.58. The summed E-state index contributed by atoms with van der Waals surface area (Å²) in [6.45, 7) is 0.822. The molecule has 0 bridgehead atoms. The minimum atomic E-state index is -5.72. The molecule has 1 N–H and O–H groups in total. The number of alkyl halides is 2. The van der Waals surface area contributed by atoms with Crippen LogP contribution in [-0.2, 0) is 14.9 Å². The van der Waals surface area contributed by atoms with Crippen molar-refractivity contribution < 1.29 is 31.3 Å². The molecule has 1 atom stereocenters. The van der Waals surface area contributed by atoms with Crippen molar-refractivity contribution in [3.8, 4) is 0 Å². The van der Waals surface area contributed by atoms with E-state index in [1.807, 2.05) is 0 Å². The first-order valence-corrected chi connectivity index (χ1v) is 15.3. The van der Waals surface area contributed by atoms with Crippen molar-refractivity contribution in [2.24, 2.45) is 0 Å². The maximum absolute atomic E-state index is 14.3. The lowest BCUT2D eigenvalue weighted by Crippen LogP contribution is -2.42. The smallest absolute Gasteiger partial charge is 0.405 e. The van der Waals surface area contributed by atoms with Crippen LogP contribution in [0.2, 0.25) is 0 Å². The molecular weight excluding hydrogens is 486 g/mol. The zero-order valence-electron chi connectivity index (χ0n) is 21.3. The van der Waals surface area contributed by atoms with E-state index in [9.17, 15) is 22.0 Å². The van der Waals surface area contributed by atoms with Gasteiger partial charge in [-0.15, -0.1) is 0 Å². The molecule has 0 saturated heterocycles. The highest BCUT2D eigenvalue weighted by molar-refractivity contribution is 7.86. The Morgan fingerprint density at radius 2 is 1.22 bits per heavy atom. The number of carbonyl (C=O) groups excluding carboxylic acids is 1. The molecule has 0 radical (unpaired) electrons. The van der Waals surface area contributed by atoms with Gasteiger partial charge in [0.05, 0.1) is 5.56 Å². The van der Waals surface area contributed by atoms with Crippen molar-refractivity contribution in [1.82, 2.24) is 0 Å². The van der Waals surface area contributed by atoms with E-state index in [4.69, 9.17) is 9.29 Å². The van der Waals surface area contributed by atoms with E-state index in [1.165, 1.54) is 24.8 Å². The van der Waals surface area contributed by atoms with Crippen LogP contribution in [0.15, 0.2) is 12.1 Å². The van der Waals surface area contributed by atoms with Crippen LogP contribution in [0.4, 0.5) is 8.78 Å². The van der Waals surface area contributed by atoms with Gasteiger partial charge in [0.1, 0.15) is 0 Å². The molecule has 4 rings (SSSR count). The first kappa shape index (κ1) is 27.5. The SMILES string of the molecule is CC(OC(=O)c1c(C2CCCCC2)cc(C2CCCCC2)cc1C1CCCCC1)C(F)(F)S(=O)(=O)O. The number of ether oxygens (including phenoxy) is 1. The molecule has 0 spiro atoms. The van der Waals surface area contributed by atoms with E-state index < -0.39 is 27.4 Å². The van der Waals surface area contributed by atoms with Crippen molar-refractivity contribution in [1.29, 1.82) is 0 Å². The van der Waals surface area contributed by atoms with Crippen LogP contribution in [-0.4, -0.2) is 30.3 Å². The zero-order chi connectivity index (χ0) is 25.9. The molecule has 5 nitrogen and oxygen atoms in total. The second kappa shape index (κ2) is 11.5. The summed E-state index contributed by atoms with van der Waals surface area (Å²) < 4.78 is 65.3. The highest BCUT2D eigenvalue weighted by Crippen LogP contribution is 2.44. The Balaban J connectivity index is 1.79. The summed E-state index contributed by atoms with van der Waals surface area (Å²) in [5.41, 5.74) is 3.41. The molecule has 36 heavy (non-hydrogen) atoms. The molecule has 1 unspecified atom stereocenters. The monoisotopic (exact) mass is 526 g/mol. The van der Waals surface area contributed by atoms with Gasteiger partial charge in [0.15, 0.2) is 6.10 Å². The molecule has 3 aliphatic carbocycles. The molecule has 1 aromatic carbocycles. The fourth-order valence-corrected chi connectivity index (χ4v) is 7.06. The summed E-state index contributed by atoms with van der Waals surface area (Å²) in [5.74, 6) is -0.146. The Morgan fingerprint density at radius 1 is 0.833 bits per heavy atom. The molecule has 0 heterocycles. The number of esters is 1. The molecule has 1 aromatic rings. The minimum absolute atomic E-state index is 0.157. The third-order valence-electron chi connectivity index (χ3n) is 8.69. The Morgan fingerprint density at radius 3 is 1.61 bits per heavy atom. The highest BCUT2D eigenvalue weighted by atomic mass is 32.2. The van der Waals surface area contributed by atoms with Crippen molar-refractivity contribution in [2.75, 3.05) is 0 Å². The largest absolute Gasteiger partial charge is 0.451 e. The zero-order valence-corrected chi connectivity index (χ0v) is 22.1. The van der Waals surface area contributed by atoms with Gasteiger partial charge < -0.3 is 4.74 Å². The summed E-state index contributed by atoms with van der Waals surface area (Å²) in [6.07, 6.45) is 13.8. The van der Waals surface area contributed by atoms with Gasteiger partial charge in [0.25, 0.3) is 0 Å². The lowest BCUT2D eigenvalue weighted by Gasteiger charge is -2.32. The summed E-state index contributed by atoms with van der Waals surface area (Å²) >= 11 is 0. The number of benzene rings is 1. The first-order chi connectivity index (χ1) is 17.1. The predicted molar refractivity (Wildman–Crippen MR) is 135 cm³/mol. The molecule has 202 valence electrons. The molecular formula is C28H40F2O5S. The average Bonchev–Trinajstić information content (AvgIpc) is 2.88. The third-order valence-corrected chi connectivity index (χ3v) is 9.71. The Bertz CT molecular complexity index is 981. The second-order valence-electron chi connectivity index (χ2n) is 11.2. The Kier molecular flexibility index (Phi) is 8.75. The Labute approximate surface area is 214 Å². The minimum Gasteiger partial charge on any atom is -0.451 e. The maximum Gasteiger partial charge on any atom is 0.405 e. The number of carbonyl (C=O) groups is 1. The van der Waals surface area contributed by atoms with Gasteiger partial charge in [-0.1, -0.05) is 69.9 Å². The highest BCUT2D eigenvalue weighted by Gasteiger charge is 2.52. The molecule has 3 saturated carbocycles. The van der Waals surface area contributed by atoms with Crippen LogP contribution in [0.1, 0.15) is 148 Å². The van der Waals surface area contributed by atoms with Gasteiger partial charge in [-0.05, 0) is 79.9 Å². The second-order valence-corrected chi connectivity index (χ2v) is 12.7. The predicted octanol–water partition coefficient (Wildman–Crippen LogP) is 7.86. The Hall–Kier alpha value is -1.54. The van der Waals surface area contributed by atoms with E-state index in [2.05, 4.69) is 12.1 Å². The normalized spacial score (nSPS) is 22.3. The molecule has 8 heteroatoms. The van der Waals surface area contributed by atoms with E-state index in [1.54, 1.807) is 0 Å². The molecule has 0 aliphatic heterocycles. The van der Waals surface area contributed by atoms with Gasteiger partial charge in [-0.3, -0.25) is 4.55 Å². The lowest BCUT2D eigenvalue weighted by molar-refractivity contribution is -0.0551. The van der Waals surface area contributed by atoms with Crippen LogP contribution >= 0.6 is 0 Å². The van der Waals surface area contributed by atoms with Crippen LogP contribution in [0.3, 0.4) is 0 Å². The first-order valence-electron chi connectivity index (χ1n) is 13.8. The van der Waals surface area contributed by atoms with E-state index >= 15 is 0 Å². The number of rotatable bonds is 7. The standard InChI is InChI=1S/C28H40F2O5S/c1-19(28(29,30)36(32,33)34)35-27(31)26-24(21-13-7-3-8-14-21)17-23(20-11-5-2-6-12-20)18-25(26)22-15-9-4-10-16-22/h17-22H,2-16H2,1H3,(H,32,33,34). The lowest BCUT2D eigenvalue weighted by atomic mass is 9.73. The van der Waals surface area contributed by atoms with Gasteiger partial charge >= 0.3 is 21.3 Å². The quantitative estimate of drug-likeness (QED) is 0.289. The van der Waals surface area contributed by atoms with Crippen LogP contribution in [0.5, 0.6) is 0 Å². The van der Waals surface area contributed by atoms with Crippen molar-refractivity contribution in [3.63, 3.8) is 0 Å². The summed E-state index contributed by atoms with van der Waals surface area (Å²) in [6, 6.07) is 4.28. The van der Waals surface area contributed by atoms with Gasteiger partial charge in [0.2, 0.25) is 0 Å². The van der Waals surface area contributed by atoms with E-state index in [0.29, 0.717) is 11.5 Å². The summed E-state index contributed by atoms with van der Waals surface area (Å²) in [7, 11) is -5.72. The molecule has 3 fully saturated rings. The van der Waals surface area contributed by atoms with Crippen LogP contribution in [0.25, 0.3) is 0 Å². The van der Waals surface area contributed by atoms with Crippen molar-refractivity contribution in [3.05, 3.63) is 34.4 Å². The molecule has 0 amide bonds. The fraction of sp³-hybridized carbons (Fsp3) is 0.750. The van der Waals surface area contributed by atoms with Crippen molar-refractivity contribution in [2.45, 2.75) is 132 Å². The van der Waals surface area contributed by atoms with Gasteiger partial charge in [0, 0.05) is 0 Å². The fourth-order valence-electron chi connectivity index (χ4n) is 6.59. The number of halogens is 2. The summed E-state index contributed by atoms with van der Waals surface area (Å²) in [4.78, 5) is 13.6. The van der Waals surface area contributed by atoms with Crippen LogP contribution in [0, 0.1) is 0 Å². The molecule has 0 aromatic heterocycles. The topological polar surface area (TPSA) is 80.7 Å². The maximum atomic E-state index is 14.3. The van der Waals surface area contributed by atoms with Crippen molar-refractivity contribution >= 4 is 16.1 Å². The van der Waals surface area contributed by atoms with Crippen LogP contribution < -0.4 is 0 Å². The van der Waals surface area contributed by atoms with Gasteiger partial charge in [-0.2, -0.15) is 17.2 Å². The van der Waals surface area contributed by atoms with E-state index in [0.717, 1.165) is 95.1 Å². The average molecular weight is 527 g/mol. The van der Waals surface area contributed by atoms with Gasteiger partial charge in [-0.25, -0.2) is 4.79 Å². The third kappa shape index (κ3) is 5.95. The van der Waals surface area contributed by atoms with E-state index in [-0.39, 0.29) is 11.8 Å².